The van der Waals surface area contributed by atoms with Gasteiger partial charge in [-0.2, -0.15) is 0 Å². The maximum Gasteiger partial charge on any atom is 0.503 e. The molecule has 0 aromatic heterocycles. The second-order valence-electron chi connectivity index (χ2n) is 0.897. The summed E-state index contributed by atoms with van der Waals surface area (Å²) in [5.74, 6) is 0. The van der Waals surface area contributed by atoms with Crippen LogP contribution < -0.4 is 11.1 Å². The van der Waals surface area contributed by atoms with Gasteiger partial charge in [-0.05, 0) is 0 Å². The van der Waals surface area contributed by atoms with Gasteiger partial charge in [0.1, 0.15) is 0 Å². The van der Waals surface area contributed by atoms with E-state index < -0.39 is 12.2 Å². The summed E-state index contributed by atoms with van der Waals surface area (Å²) in [6.07, 6.45) is -1.83. The molecule has 0 aromatic carbocycles. The van der Waals surface area contributed by atoms with E-state index in [0.29, 0.717) is 0 Å². The highest BCUT2D eigenvalue weighted by atomic mass is 16.6. The minimum absolute atomic E-state index is 0.495. The van der Waals surface area contributed by atoms with Crippen LogP contribution in [-0.2, 0) is 0 Å². The molecular weight excluding hydrogens is 128 g/mol. The number of urea groups is 1. The number of carboxylic acid groups (broad SMARTS) is 2. The fourth-order valence-electron chi connectivity index (χ4n) is 0. The summed E-state index contributed by atoms with van der Waals surface area (Å²) in [5, 5.41) is 16.1. The topological polar surface area (TPSA) is 113 Å². The molecule has 2 amide bonds. The molecule has 9 heavy (non-hydrogen) atoms. The van der Waals surface area contributed by atoms with Crippen LogP contribution in [0, 0.1) is 0 Å². The predicted molar refractivity (Wildman–Crippen MR) is 29.3 cm³/mol. The van der Waals surface area contributed by atoms with Gasteiger partial charge in [-0.25, -0.2) is 9.59 Å². The van der Waals surface area contributed by atoms with Gasteiger partial charge in [0, 0.05) is 7.05 Å². The van der Waals surface area contributed by atoms with E-state index in [0.717, 1.165) is 0 Å². The molecule has 0 spiro atoms. The Morgan fingerprint density at radius 3 is 1.56 bits per heavy atom. The van der Waals surface area contributed by atoms with Gasteiger partial charge < -0.3 is 21.3 Å². The molecule has 0 saturated carbocycles. The summed E-state index contributed by atoms with van der Waals surface area (Å²) < 4.78 is 0. The molecular formula is C3H8N2O4. The first-order valence-electron chi connectivity index (χ1n) is 1.89. The first-order chi connectivity index (χ1) is 4.00. The number of carbonyl (C=O) groups excluding carboxylic acids is 1. The molecule has 0 aliphatic carbocycles. The van der Waals surface area contributed by atoms with Crippen LogP contribution in [0.15, 0.2) is 0 Å². The molecule has 0 aliphatic heterocycles. The number of rotatable bonds is 0. The third kappa shape index (κ3) is 462. The second-order valence-corrected chi connectivity index (χ2v) is 0.897. The molecule has 0 aromatic rings. The van der Waals surface area contributed by atoms with Gasteiger partial charge in [0.15, 0.2) is 0 Å². The normalized spacial score (nSPS) is 6.33. The van der Waals surface area contributed by atoms with Crippen LogP contribution in [-0.4, -0.2) is 29.4 Å². The van der Waals surface area contributed by atoms with Crippen molar-refractivity contribution in [3.63, 3.8) is 0 Å². The smallest absolute Gasteiger partial charge is 0.450 e. The molecule has 5 N–H and O–H groups in total. The van der Waals surface area contributed by atoms with E-state index in [-0.39, 0.29) is 0 Å². The molecule has 0 unspecified atom stereocenters. The molecule has 54 valence electrons. The van der Waals surface area contributed by atoms with Crippen molar-refractivity contribution in [2.24, 2.45) is 5.73 Å². The summed E-state index contributed by atoms with van der Waals surface area (Å²) in [6, 6.07) is -0.495. The van der Waals surface area contributed by atoms with Gasteiger partial charge in [0.05, 0.1) is 0 Å². The van der Waals surface area contributed by atoms with Crippen LogP contribution in [0.5, 0.6) is 0 Å². The zero-order chi connectivity index (χ0) is 7.86. The average molecular weight is 136 g/mol. The molecule has 0 radical (unpaired) electrons. The van der Waals surface area contributed by atoms with Crippen molar-refractivity contribution in [3.05, 3.63) is 0 Å². The van der Waals surface area contributed by atoms with E-state index in [2.05, 4.69) is 11.1 Å². The van der Waals surface area contributed by atoms with E-state index in [1.54, 1.807) is 0 Å². The lowest BCUT2D eigenvalue weighted by atomic mass is 11.1. The van der Waals surface area contributed by atoms with Crippen LogP contribution in [0.2, 0.25) is 0 Å². The maximum absolute atomic E-state index is 9.48. The minimum Gasteiger partial charge on any atom is -0.450 e. The van der Waals surface area contributed by atoms with Crippen molar-refractivity contribution in [1.82, 2.24) is 5.32 Å². The largest absolute Gasteiger partial charge is 0.503 e. The van der Waals surface area contributed by atoms with Gasteiger partial charge in [0.2, 0.25) is 0 Å². The van der Waals surface area contributed by atoms with E-state index in [1.165, 1.54) is 7.05 Å². The molecule has 0 bridgehead atoms. The zero-order valence-electron chi connectivity index (χ0n) is 4.79. The third-order valence-electron chi connectivity index (χ3n) is 0.246. The van der Waals surface area contributed by atoms with E-state index in [4.69, 9.17) is 15.0 Å². The van der Waals surface area contributed by atoms with Crippen LogP contribution in [0.25, 0.3) is 0 Å². The summed E-state index contributed by atoms with van der Waals surface area (Å²) >= 11 is 0. The van der Waals surface area contributed by atoms with Gasteiger partial charge >= 0.3 is 12.2 Å². The van der Waals surface area contributed by atoms with E-state index in [9.17, 15) is 4.79 Å². The summed E-state index contributed by atoms with van der Waals surface area (Å²) in [5.41, 5.74) is 4.54. The highest BCUT2D eigenvalue weighted by molar-refractivity contribution is 5.71. The lowest BCUT2D eigenvalue weighted by molar-refractivity contribution is 0.137. The molecule has 0 rings (SSSR count). The summed E-state index contributed by atoms with van der Waals surface area (Å²) in [6.45, 7) is 0. The zero-order valence-corrected chi connectivity index (χ0v) is 4.79. The van der Waals surface area contributed by atoms with Crippen LogP contribution >= 0.6 is 0 Å². The molecule has 0 saturated heterocycles. The maximum atomic E-state index is 9.48. The number of amides is 2. The number of hydrogen-bond donors (Lipinski definition) is 4. The Morgan fingerprint density at radius 1 is 1.44 bits per heavy atom. The standard InChI is InChI=1S/C2H6N2O.CH2O3/c1-4-2(3)5;2-1(3)4/h1H3,(H3,3,4,5);(H2,2,3,4). The average Bonchev–Trinajstić information content (AvgIpc) is 1.65. The lowest BCUT2D eigenvalue weighted by Gasteiger charge is -1.80. The SMILES string of the molecule is CNC(N)=O.O=C(O)O. The highest BCUT2D eigenvalue weighted by Crippen LogP contribution is 1.42. The third-order valence-corrected chi connectivity index (χ3v) is 0.246. The van der Waals surface area contributed by atoms with Crippen LogP contribution in [0.1, 0.15) is 0 Å². The number of nitrogens with two attached hydrogens (primary N) is 1. The van der Waals surface area contributed by atoms with Crippen molar-refractivity contribution in [2.45, 2.75) is 0 Å². The van der Waals surface area contributed by atoms with Gasteiger partial charge in [-0.1, -0.05) is 0 Å². The Kier molecular flexibility index (Phi) is 7.64. The first kappa shape index (κ1) is 10.5. The lowest BCUT2D eigenvalue weighted by Crippen LogP contribution is -2.24. The molecule has 0 aliphatic rings. The van der Waals surface area contributed by atoms with Crippen molar-refractivity contribution in [1.29, 1.82) is 0 Å². The number of nitrogens with one attached hydrogen (secondary N) is 1. The molecule has 6 heteroatoms. The van der Waals surface area contributed by atoms with Crippen molar-refractivity contribution in [3.8, 4) is 0 Å². The van der Waals surface area contributed by atoms with Crippen molar-refractivity contribution < 1.29 is 19.8 Å². The van der Waals surface area contributed by atoms with Crippen molar-refractivity contribution >= 4 is 12.2 Å². The highest BCUT2D eigenvalue weighted by Gasteiger charge is 1.72. The number of hydrogen-bond acceptors (Lipinski definition) is 2. The summed E-state index contributed by atoms with van der Waals surface area (Å²) in [4.78, 5) is 18.0. The quantitative estimate of drug-likeness (QED) is 0.359. The first-order valence-corrected chi connectivity index (χ1v) is 1.89. The Morgan fingerprint density at radius 2 is 1.56 bits per heavy atom. The van der Waals surface area contributed by atoms with Gasteiger partial charge in [-0.3, -0.25) is 0 Å². The van der Waals surface area contributed by atoms with Gasteiger partial charge in [-0.15, -0.1) is 0 Å². The fraction of sp³-hybridized carbons (Fsp3) is 0.333. The van der Waals surface area contributed by atoms with Crippen LogP contribution in [0.4, 0.5) is 9.59 Å². The Labute approximate surface area is 51.3 Å². The molecule has 0 heterocycles. The Bertz CT molecular complexity index is 98.0. The number of primary amides is 1. The predicted octanol–water partition coefficient (Wildman–Crippen LogP) is -0.493. The Hall–Kier alpha value is -1.46. The fourth-order valence-corrected chi connectivity index (χ4v) is 0. The van der Waals surface area contributed by atoms with E-state index in [1.807, 2.05) is 0 Å². The van der Waals surface area contributed by atoms with Crippen LogP contribution in [0.3, 0.4) is 0 Å². The summed E-state index contributed by atoms with van der Waals surface area (Å²) in [7, 11) is 1.47. The van der Waals surface area contributed by atoms with E-state index >= 15 is 0 Å². The Balaban J connectivity index is 0. The minimum atomic E-state index is -1.83. The molecule has 6 nitrogen and oxygen atoms in total. The van der Waals surface area contributed by atoms with Gasteiger partial charge in [0.25, 0.3) is 0 Å². The monoisotopic (exact) mass is 136 g/mol. The number of carbonyl (C=O) groups is 2. The molecule has 0 atom stereocenters. The van der Waals surface area contributed by atoms with Crippen molar-refractivity contribution in [2.75, 3.05) is 7.05 Å². The molecule has 0 fully saturated rings. The second kappa shape index (κ2) is 6.54.